The molecule has 0 aliphatic carbocycles. The van der Waals surface area contributed by atoms with Gasteiger partial charge in [0.15, 0.2) is 11.7 Å². The second-order valence-corrected chi connectivity index (χ2v) is 14.8. The zero-order valence-electron chi connectivity index (χ0n) is 22.2. The van der Waals surface area contributed by atoms with Gasteiger partial charge in [-0.3, -0.25) is 18.9 Å². The summed E-state index contributed by atoms with van der Waals surface area (Å²) in [6.07, 6.45) is 1.72. The molecule has 3 rings (SSSR count). The van der Waals surface area contributed by atoms with Gasteiger partial charge in [-0.05, 0) is 49.8 Å². The molecule has 0 aromatic heterocycles. The third-order valence-electron chi connectivity index (χ3n) is 6.73. The number of nitrogens with zero attached hydrogens (tertiary/aromatic N) is 2. The average Bonchev–Trinajstić information content (AvgIpc) is 2.91. The minimum absolute atomic E-state index is 0.0109. The molecule has 1 aromatic carbocycles. The second-order valence-electron chi connectivity index (χ2n) is 11.1. The van der Waals surface area contributed by atoms with Gasteiger partial charge in [-0.25, -0.2) is 8.42 Å². The highest BCUT2D eigenvalue weighted by Gasteiger charge is 2.59. The van der Waals surface area contributed by atoms with Gasteiger partial charge in [0.25, 0.3) is 0 Å². The molecule has 1 amide bonds. The molecule has 0 radical (unpaired) electrons. The molecule has 2 heterocycles. The number of carbonyl (C=O) groups excluding carboxylic acids is 2. The Balaban J connectivity index is 2.08. The standard InChI is InChI=1S/C24H37N4O6PS/c1-9-34-35(31)18-14-16(27-36(8,32)33)10-11-17(18)25-21(26-35)19-20(29)24(7,15(2)3)28(22(19)30)13-12-23(4,5)6/h10-11,14-15,19,27H,9,12-13H2,1-8H3,(H,25,26,31). The van der Waals surface area contributed by atoms with E-state index in [1.165, 1.54) is 18.2 Å². The first-order valence-corrected chi connectivity index (χ1v) is 15.5. The Kier molecular flexibility index (Phi) is 7.54. The molecule has 0 spiro atoms. The first kappa shape index (κ1) is 28.3. The van der Waals surface area contributed by atoms with E-state index < -0.39 is 29.0 Å². The third-order valence-corrected chi connectivity index (χ3v) is 9.40. The molecule has 2 aliphatic rings. The van der Waals surface area contributed by atoms with Crippen LogP contribution in [0.25, 0.3) is 0 Å². The maximum atomic E-state index is 13.9. The zero-order valence-corrected chi connectivity index (χ0v) is 23.9. The van der Waals surface area contributed by atoms with Crippen LogP contribution in [0.2, 0.25) is 0 Å². The minimum atomic E-state index is -3.92. The molecule has 1 fully saturated rings. The largest absolute Gasteiger partial charge is 0.348 e. The van der Waals surface area contributed by atoms with Crippen LogP contribution in [0.4, 0.5) is 11.4 Å². The first-order chi connectivity index (χ1) is 16.4. The number of hydrogen-bond donors (Lipinski definition) is 2. The van der Waals surface area contributed by atoms with Gasteiger partial charge in [-0.2, -0.15) is 4.76 Å². The Morgan fingerprint density at radius 1 is 1.28 bits per heavy atom. The summed E-state index contributed by atoms with van der Waals surface area (Å²) >= 11 is 0. The van der Waals surface area contributed by atoms with Crippen molar-refractivity contribution in [3.8, 4) is 0 Å². The lowest BCUT2D eigenvalue weighted by Gasteiger charge is -2.38. The Bertz CT molecular complexity index is 1250. The van der Waals surface area contributed by atoms with Gasteiger partial charge in [0, 0.05) is 12.2 Å². The fourth-order valence-corrected chi connectivity index (χ4v) is 6.86. The van der Waals surface area contributed by atoms with Crippen LogP contribution in [-0.4, -0.2) is 55.8 Å². The lowest BCUT2D eigenvalue weighted by molar-refractivity contribution is -0.134. The molecule has 3 atom stereocenters. The number of amides is 1. The van der Waals surface area contributed by atoms with Crippen molar-refractivity contribution < 1.29 is 27.1 Å². The number of fused-ring (bicyclic) bond motifs is 1. The van der Waals surface area contributed by atoms with Gasteiger partial charge in [0.05, 0.1) is 23.9 Å². The van der Waals surface area contributed by atoms with Crippen molar-refractivity contribution in [2.45, 2.75) is 60.4 Å². The van der Waals surface area contributed by atoms with Crippen LogP contribution >= 0.6 is 7.52 Å². The number of nitrogens with one attached hydrogen (secondary N) is 2. The van der Waals surface area contributed by atoms with E-state index in [-0.39, 0.29) is 46.5 Å². The summed E-state index contributed by atoms with van der Waals surface area (Å²) in [5.74, 6) is -2.09. The monoisotopic (exact) mass is 540 g/mol. The van der Waals surface area contributed by atoms with Crippen LogP contribution in [0.15, 0.2) is 23.0 Å². The average molecular weight is 541 g/mol. The summed E-state index contributed by atoms with van der Waals surface area (Å²) in [7, 11) is -7.48. The van der Waals surface area contributed by atoms with Crippen molar-refractivity contribution in [1.29, 1.82) is 0 Å². The summed E-state index contributed by atoms with van der Waals surface area (Å²) in [6.45, 7) is 14.0. The summed E-state index contributed by atoms with van der Waals surface area (Å²) < 4.78 is 49.5. The van der Waals surface area contributed by atoms with Crippen molar-refractivity contribution in [3.05, 3.63) is 18.2 Å². The molecular formula is C24H37N4O6PS. The van der Waals surface area contributed by atoms with Crippen molar-refractivity contribution in [1.82, 2.24) is 4.90 Å². The molecule has 12 heteroatoms. The van der Waals surface area contributed by atoms with E-state index in [4.69, 9.17) is 4.52 Å². The molecule has 3 unspecified atom stereocenters. The summed E-state index contributed by atoms with van der Waals surface area (Å²) in [6, 6.07) is 4.43. The fourth-order valence-electron chi connectivity index (χ4n) is 4.46. The fraction of sp³-hybridized carbons (Fsp3) is 0.625. The van der Waals surface area contributed by atoms with Crippen LogP contribution < -0.4 is 15.3 Å². The molecule has 2 aliphatic heterocycles. The summed E-state index contributed by atoms with van der Waals surface area (Å²) in [5.41, 5.74) is -0.543. The summed E-state index contributed by atoms with van der Waals surface area (Å²) in [5, 5.41) is 3.19. The number of sulfonamides is 1. The highest BCUT2D eigenvalue weighted by Crippen LogP contribution is 2.53. The number of Topliss-reactive ketones (excluding diaryl/α,β-unsaturated/α-hetero) is 1. The summed E-state index contributed by atoms with van der Waals surface area (Å²) in [4.78, 5) is 29.2. The highest BCUT2D eigenvalue weighted by molar-refractivity contribution is 7.92. The highest BCUT2D eigenvalue weighted by atomic mass is 32.2. The molecule has 0 saturated carbocycles. The van der Waals surface area contributed by atoms with E-state index >= 15 is 0 Å². The van der Waals surface area contributed by atoms with Crippen molar-refractivity contribution in [3.63, 3.8) is 0 Å². The smallest absolute Gasteiger partial charge is 0.342 e. The molecule has 10 nitrogen and oxygen atoms in total. The molecular weight excluding hydrogens is 503 g/mol. The number of anilines is 2. The van der Waals surface area contributed by atoms with Gasteiger partial charge in [-0.1, -0.05) is 34.6 Å². The number of carbonyl (C=O) groups is 2. The van der Waals surface area contributed by atoms with Crippen molar-refractivity contribution in [2.24, 2.45) is 22.0 Å². The Hall–Kier alpha value is -2.23. The maximum absolute atomic E-state index is 13.9. The lowest BCUT2D eigenvalue weighted by Crippen LogP contribution is -2.52. The number of hydrogen-bond acceptors (Lipinski definition) is 7. The molecule has 2 N–H and O–H groups in total. The predicted molar refractivity (Wildman–Crippen MR) is 142 cm³/mol. The van der Waals surface area contributed by atoms with Crippen LogP contribution in [0.1, 0.15) is 54.9 Å². The number of likely N-dealkylation sites (tertiary alicyclic amines) is 1. The third kappa shape index (κ3) is 5.38. The van der Waals surface area contributed by atoms with E-state index in [9.17, 15) is 22.6 Å². The zero-order chi connectivity index (χ0) is 27.3. The van der Waals surface area contributed by atoms with Gasteiger partial charge < -0.3 is 14.7 Å². The van der Waals surface area contributed by atoms with E-state index in [1.807, 2.05) is 13.8 Å². The lowest BCUT2D eigenvalue weighted by atomic mass is 9.81. The van der Waals surface area contributed by atoms with Crippen LogP contribution in [0, 0.1) is 17.3 Å². The molecule has 0 bridgehead atoms. The predicted octanol–water partition coefficient (Wildman–Crippen LogP) is 3.62. The van der Waals surface area contributed by atoms with E-state index in [0.29, 0.717) is 18.7 Å². The Morgan fingerprint density at radius 3 is 2.44 bits per heavy atom. The normalized spacial score (nSPS) is 26.6. The Labute approximate surface area is 213 Å². The van der Waals surface area contributed by atoms with Gasteiger partial charge in [-0.15, -0.1) is 0 Å². The number of amidine groups is 1. The van der Waals surface area contributed by atoms with Gasteiger partial charge >= 0.3 is 7.52 Å². The van der Waals surface area contributed by atoms with E-state index in [1.54, 1.807) is 18.7 Å². The molecule has 1 saturated heterocycles. The SMILES string of the molecule is CCOP1(=O)N=C(C2C(=O)N(CCC(C)(C)C)C(C)(C(C)C)C2=O)Nc2ccc(NS(C)(=O)=O)cc21. The number of ketones is 1. The minimum Gasteiger partial charge on any atom is -0.342 e. The van der Waals surface area contributed by atoms with Crippen LogP contribution in [0.3, 0.4) is 0 Å². The van der Waals surface area contributed by atoms with Crippen molar-refractivity contribution >= 4 is 51.7 Å². The van der Waals surface area contributed by atoms with Gasteiger partial charge in [0.2, 0.25) is 15.9 Å². The second kappa shape index (κ2) is 9.58. The topological polar surface area (TPSA) is 134 Å². The van der Waals surface area contributed by atoms with Crippen molar-refractivity contribution in [2.75, 3.05) is 29.4 Å². The van der Waals surface area contributed by atoms with Crippen LogP contribution in [-0.2, 0) is 28.7 Å². The number of rotatable bonds is 8. The quantitative estimate of drug-likeness (QED) is 0.380. The maximum Gasteiger partial charge on any atom is 0.348 e. The first-order valence-electron chi connectivity index (χ1n) is 12.0. The van der Waals surface area contributed by atoms with E-state index in [0.717, 1.165) is 6.26 Å². The molecule has 200 valence electrons. The van der Waals surface area contributed by atoms with Crippen LogP contribution in [0.5, 0.6) is 0 Å². The van der Waals surface area contributed by atoms with Gasteiger partial charge in [0.1, 0.15) is 11.4 Å². The molecule has 36 heavy (non-hydrogen) atoms. The molecule has 1 aromatic rings. The van der Waals surface area contributed by atoms with E-state index in [2.05, 4.69) is 35.6 Å². The Morgan fingerprint density at radius 2 is 1.92 bits per heavy atom. The number of benzene rings is 1.